The molecule has 0 bridgehead atoms. The summed E-state index contributed by atoms with van der Waals surface area (Å²) >= 11 is 6.06. The molecule has 3 rings (SSSR count). The van der Waals surface area contributed by atoms with Gasteiger partial charge in [-0.25, -0.2) is 0 Å². The first-order chi connectivity index (χ1) is 13.1. The monoisotopic (exact) mass is 386 g/mol. The lowest BCUT2D eigenvalue weighted by molar-refractivity contribution is -0.133. The number of hydrogen-bond acceptors (Lipinski definition) is 4. The molecule has 7 heteroatoms. The van der Waals surface area contributed by atoms with Gasteiger partial charge in [-0.2, -0.15) is 0 Å². The van der Waals surface area contributed by atoms with Crippen LogP contribution in [0.1, 0.15) is 12.0 Å². The first-order valence-corrected chi connectivity index (χ1v) is 9.43. The van der Waals surface area contributed by atoms with E-state index in [1.54, 1.807) is 24.5 Å². The number of halogens is 1. The number of hydrogen-bond donors (Lipinski definition) is 1. The molecule has 2 amide bonds. The zero-order chi connectivity index (χ0) is 19.1. The van der Waals surface area contributed by atoms with Crippen molar-refractivity contribution in [1.82, 2.24) is 14.8 Å². The van der Waals surface area contributed by atoms with Crippen LogP contribution in [-0.2, 0) is 16.0 Å². The minimum absolute atomic E-state index is 0.0977. The molecule has 1 aliphatic heterocycles. The number of carbonyl (C=O) groups is 2. The van der Waals surface area contributed by atoms with Gasteiger partial charge in [0.2, 0.25) is 11.8 Å². The number of nitrogens with one attached hydrogen (secondary N) is 1. The predicted molar refractivity (Wildman–Crippen MR) is 106 cm³/mol. The van der Waals surface area contributed by atoms with Crippen LogP contribution in [0.4, 0.5) is 5.69 Å². The number of carbonyl (C=O) groups excluding carboxylic acids is 2. The fourth-order valence-corrected chi connectivity index (χ4v) is 3.25. The Labute approximate surface area is 164 Å². The first kappa shape index (κ1) is 19.3. The van der Waals surface area contributed by atoms with Gasteiger partial charge < -0.3 is 10.2 Å². The summed E-state index contributed by atoms with van der Waals surface area (Å²) in [5.41, 5.74) is 1.69. The molecule has 1 saturated heterocycles. The molecule has 0 aliphatic carbocycles. The van der Waals surface area contributed by atoms with Crippen molar-refractivity contribution in [3.05, 3.63) is 59.4 Å². The number of para-hydroxylation sites is 1. The molecule has 142 valence electrons. The second-order valence-electron chi connectivity index (χ2n) is 6.55. The number of anilines is 1. The van der Waals surface area contributed by atoms with E-state index < -0.39 is 0 Å². The van der Waals surface area contributed by atoms with Gasteiger partial charge in [0.05, 0.1) is 17.3 Å². The topological polar surface area (TPSA) is 65.5 Å². The molecule has 1 aromatic heterocycles. The summed E-state index contributed by atoms with van der Waals surface area (Å²) < 4.78 is 0. The highest BCUT2D eigenvalue weighted by Crippen LogP contribution is 2.20. The lowest BCUT2D eigenvalue weighted by atomic mass is 10.1. The number of amides is 2. The van der Waals surface area contributed by atoms with Gasteiger partial charge in [-0.05, 0) is 30.2 Å². The van der Waals surface area contributed by atoms with Gasteiger partial charge >= 0.3 is 0 Å². The van der Waals surface area contributed by atoms with E-state index in [9.17, 15) is 9.59 Å². The van der Waals surface area contributed by atoms with Crippen LogP contribution < -0.4 is 5.32 Å². The SMILES string of the molecule is O=C(CN1CCN(C(=O)CCc2cccnc2)CC1)Nc1ccccc1Cl. The van der Waals surface area contributed by atoms with Crippen LogP contribution in [-0.4, -0.2) is 59.3 Å². The van der Waals surface area contributed by atoms with Crippen molar-refractivity contribution in [2.75, 3.05) is 38.0 Å². The standard InChI is InChI=1S/C20H23ClN4O2/c21-17-5-1-2-6-18(17)23-19(26)15-24-10-12-25(13-11-24)20(27)8-7-16-4-3-9-22-14-16/h1-6,9,14H,7-8,10-13,15H2,(H,23,26). The van der Waals surface area contributed by atoms with E-state index >= 15 is 0 Å². The van der Waals surface area contributed by atoms with Crippen molar-refractivity contribution >= 4 is 29.1 Å². The highest BCUT2D eigenvalue weighted by Gasteiger charge is 2.22. The Morgan fingerprint density at radius 2 is 1.85 bits per heavy atom. The maximum absolute atomic E-state index is 12.4. The van der Waals surface area contributed by atoms with Crippen molar-refractivity contribution in [3.8, 4) is 0 Å². The van der Waals surface area contributed by atoms with E-state index in [4.69, 9.17) is 11.6 Å². The molecule has 0 radical (unpaired) electrons. The Balaban J connectivity index is 1.40. The van der Waals surface area contributed by atoms with Crippen LogP contribution in [0, 0.1) is 0 Å². The normalized spacial score (nSPS) is 14.8. The molecule has 1 aliphatic rings. The number of nitrogens with zero attached hydrogens (tertiary/aromatic N) is 3. The average molecular weight is 387 g/mol. The second-order valence-corrected chi connectivity index (χ2v) is 6.95. The van der Waals surface area contributed by atoms with Crippen molar-refractivity contribution in [1.29, 1.82) is 0 Å². The third kappa shape index (κ3) is 5.77. The largest absolute Gasteiger partial charge is 0.340 e. The first-order valence-electron chi connectivity index (χ1n) is 9.05. The quantitative estimate of drug-likeness (QED) is 0.828. The van der Waals surface area contributed by atoms with Gasteiger partial charge in [0.25, 0.3) is 0 Å². The highest BCUT2D eigenvalue weighted by molar-refractivity contribution is 6.33. The van der Waals surface area contributed by atoms with Gasteiger partial charge in [-0.3, -0.25) is 19.5 Å². The molecule has 6 nitrogen and oxygen atoms in total. The van der Waals surface area contributed by atoms with E-state index in [1.165, 1.54) is 0 Å². The lowest BCUT2D eigenvalue weighted by Gasteiger charge is -2.34. The average Bonchev–Trinajstić information content (AvgIpc) is 2.69. The second kappa shape index (κ2) is 9.48. The molecule has 1 aromatic carbocycles. The zero-order valence-corrected chi connectivity index (χ0v) is 15.9. The van der Waals surface area contributed by atoms with Gasteiger partial charge in [0, 0.05) is 45.0 Å². The fraction of sp³-hybridized carbons (Fsp3) is 0.350. The molecule has 2 heterocycles. The Morgan fingerprint density at radius 3 is 2.56 bits per heavy atom. The van der Waals surface area contributed by atoms with Crippen molar-refractivity contribution < 1.29 is 9.59 Å². The minimum Gasteiger partial charge on any atom is -0.340 e. The van der Waals surface area contributed by atoms with Gasteiger partial charge in [0.1, 0.15) is 0 Å². The van der Waals surface area contributed by atoms with E-state index in [-0.39, 0.29) is 11.8 Å². The molecular weight excluding hydrogens is 364 g/mol. The molecule has 0 spiro atoms. The number of aryl methyl sites for hydroxylation is 1. The number of benzene rings is 1. The summed E-state index contributed by atoms with van der Waals surface area (Å²) in [5, 5.41) is 3.35. The van der Waals surface area contributed by atoms with Gasteiger partial charge in [-0.1, -0.05) is 29.8 Å². The molecule has 2 aromatic rings. The fourth-order valence-electron chi connectivity index (χ4n) is 3.07. The molecule has 0 unspecified atom stereocenters. The lowest BCUT2D eigenvalue weighted by Crippen LogP contribution is -2.50. The van der Waals surface area contributed by atoms with Crippen LogP contribution in [0.2, 0.25) is 5.02 Å². The molecular formula is C20H23ClN4O2. The third-order valence-electron chi connectivity index (χ3n) is 4.59. The number of aromatic nitrogens is 1. The molecule has 0 saturated carbocycles. The maximum atomic E-state index is 12.4. The Bertz CT molecular complexity index is 777. The Kier molecular flexibility index (Phi) is 6.79. The van der Waals surface area contributed by atoms with Crippen LogP contribution in [0.5, 0.6) is 0 Å². The molecule has 1 N–H and O–H groups in total. The minimum atomic E-state index is -0.0977. The van der Waals surface area contributed by atoms with E-state index in [0.717, 1.165) is 5.56 Å². The van der Waals surface area contributed by atoms with Crippen molar-refractivity contribution in [3.63, 3.8) is 0 Å². The van der Waals surface area contributed by atoms with Gasteiger partial charge in [0.15, 0.2) is 0 Å². The van der Waals surface area contributed by atoms with E-state index in [0.29, 0.717) is 56.3 Å². The third-order valence-corrected chi connectivity index (χ3v) is 4.92. The summed E-state index contributed by atoms with van der Waals surface area (Å²) in [4.78, 5) is 32.6. The van der Waals surface area contributed by atoms with Crippen LogP contribution in [0.3, 0.4) is 0 Å². The summed E-state index contributed by atoms with van der Waals surface area (Å²) in [6.45, 7) is 2.96. The Morgan fingerprint density at radius 1 is 1.07 bits per heavy atom. The van der Waals surface area contributed by atoms with Crippen molar-refractivity contribution in [2.45, 2.75) is 12.8 Å². The molecule has 27 heavy (non-hydrogen) atoms. The van der Waals surface area contributed by atoms with E-state index in [1.807, 2.05) is 29.2 Å². The molecule has 0 atom stereocenters. The summed E-state index contributed by atoms with van der Waals surface area (Å²) in [6, 6.07) is 11.0. The highest BCUT2D eigenvalue weighted by atomic mass is 35.5. The van der Waals surface area contributed by atoms with Crippen LogP contribution in [0.15, 0.2) is 48.8 Å². The summed E-state index contributed by atoms with van der Waals surface area (Å²) in [6.07, 6.45) is 4.71. The Hall–Kier alpha value is -2.44. The van der Waals surface area contributed by atoms with Crippen molar-refractivity contribution in [2.24, 2.45) is 0 Å². The molecule has 1 fully saturated rings. The van der Waals surface area contributed by atoms with Crippen LogP contribution >= 0.6 is 11.6 Å². The van der Waals surface area contributed by atoms with Crippen LogP contribution in [0.25, 0.3) is 0 Å². The summed E-state index contributed by atoms with van der Waals surface area (Å²) in [7, 11) is 0. The number of pyridine rings is 1. The predicted octanol–water partition coefficient (Wildman–Crippen LogP) is 2.45. The van der Waals surface area contributed by atoms with Gasteiger partial charge in [-0.15, -0.1) is 0 Å². The number of rotatable bonds is 6. The number of piperazine rings is 1. The summed E-state index contributed by atoms with van der Waals surface area (Å²) in [5.74, 6) is 0.0541. The van der Waals surface area contributed by atoms with E-state index in [2.05, 4.69) is 15.2 Å². The zero-order valence-electron chi connectivity index (χ0n) is 15.1. The maximum Gasteiger partial charge on any atom is 0.238 e. The smallest absolute Gasteiger partial charge is 0.238 e.